The molecule has 0 atom stereocenters. The number of hydrogen-bond acceptors (Lipinski definition) is 5. The van der Waals surface area contributed by atoms with Gasteiger partial charge in [0.25, 0.3) is 0 Å². The van der Waals surface area contributed by atoms with Gasteiger partial charge >= 0.3 is 5.97 Å². The topological polar surface area (TPSA) is 76.0 Å². The van der Waals surface area contributed by atoms with Crippen LogP contribution in [-0.4, -0.2) is 42.6 Å². The second-order valence-corrected chi connectivity index (χ2v) is 12.6. The average molecular weight is 629 g/mol. The van der Waals surface area contributed by atoms with Crippen LogP contribution >= 0.6 is 0 Å². The number of rotatable bonds is 22. The van der Waals surface area contributed by atoms with Gasteiger partial charge < -0.3 is 19.7 Å². The van der Waals surface area contributed by atoms with Crippen molar-refractivity contribution in [2.75, 3.05) is 26.4 Å². The van der Waals surface area contributed by atoms with Crippen LogP contribution in [0.25, 0.3) is 11.1 Å². The Morgan fingerprint density at radius 3 is 2.07 bits per heavy atom. The molecule has 3 aromatic rings. The van der Waals surface area contributed by atoms with Gasteiger partial charge in [-0.05, 0) is 96.0 Å². The van der Waals surface area contributed by atoms with Crippen molar-refractivity contribution < 1.29 is 24.5 Å². The van der Waals surface area contributed by atoms with Crippen molar-refractivity contribution in [2.45, 2.75) is 97.8 Å². The second-order valence-electron chi connectivity index (χ2n) is 12.6. The lowest BCUT2D eigenvalue weighted by Gasteiger charge is -2.30. The highest BCUT2D eigenvalue weighted by Crippen LogP contribution is 2.33. The van der Waals surface area contributed by atoms with Crippen LogP contribution in [0.1, 0.15) is 93.5 Å². The molecule has 0 spiro atoms. The van der Waals surface area contributed by atoms with Gasteiger partial charge in [-0.15, -0.1) is 0 Å². The van der Waals surface area contributed by atoms with E-state index in [0.717, 1.165) is 61.8 Å². The summed E-state index contributed by atoms with van der Waals surface area (Å²) in [6.45, 7) is 10.5. The van der Waals surface area contributed by atoms with Gasteiger partial charge in [0.15, 0.2) is 0 Å². The Morgan fingerprint density at radius 2 is 1.41 bits per heavy atom. The normalized spacial score (nSPS) is 11.4. The average Bonchev–Trinajstić information content (AvgIpc) is 3.09. The van der Waals surface area contributed by atoms with Gasteiger partial charge in [0.05, 0.1) is 26.4 Å². The van der Waals surface area contributed by atoms with Crippen LogP contribution in [0.5, 0.6) is 5.75 Å². The number of unbranched alkanes of at least 4 members (excludes halogenated alkanes) is 3. The number of aliphatic hydroxyl groups is 2. The lowest BCUT2D eigenvalue weighted by molar-refractivity contribution is -0.137. The fourth-order valence-electron chi connectivity index (χ4n) is 5.94. The Bertz CT molecular complexity index is 1340. The van der Waals surface area contributed by atoms with Gasteiger partial charge in [0, 0.05) is 17.9 Å². The highest BCUT2D eigenvalue weighted by molar-refractivity contribution is 5.81. The molecule has 250 valence electrons. The maximum atomic E-state index is 11.7. The van der Waals surface area contributed by atoms with Crippen molar-refractivity contribution in [1.29, 1.82) is 0 Å². The van der Waals surface area contributed by atoms with Gasteiger partial charge in [-0.2, -0.15) is 0 Å². The summed E-state index contributed by atoms with van der Waals surface area (Å²) in [6, 6.07) is 22.2. The van der Waals surface area contributed by atoms with E-state index in [0.29, 0.717) is 19.4 Å². The summed E-state index contributed by atoms with van der Waals surface area (Å²) in [6.07, 6.45) is 12.8. The molecule has 0 saturated carbocycles. The zero-order valence-corrected chi connectivity index (χ0v) is 28.5. The number of hydrogen-bond donors (Lipinski definition) is 2. The van der Waals surface area contributed by atoms with E-state index >= 15 is 0 Å². The molecular weight excluding hydrogens is 572 g/mol. The maximum Gasteiger partial charge on any atom is 0.330 e. The fraction of sp³-hybridized carbons (Fsp3) is 0.488. The van der Waals surface area contributed by atoms with Gasteiger partial charge in [0.1, 0.15) is 5.75 Å². The standard InChI is InChI=1S/C41H56O5/c1-5-9-11-12-32-13-15-33(16-14-32)17-18-34-19-21-38(35(7-3)28-34)36-20-22-39(37(29-36)23-26-46-40(44)8-4)45-27-25-41(30-42,31-43)24-10-6-2/h8,13-16,19-22,28-29,42-43H,4-7,9-12,17-18,23-27,30-31H2,1-3H3. The molecule has 0 radical (unpaired) electrons. The first-order chi connectivity index (χ1) is 22.4. The summed E-state index contributed by atoms with van der Waals surface area (Å²) in [5.41, 5.74) is 8.13. The largest absolute Gasteiger partial charge is 0.493 e. The van der Waals surface area contributed by atoms with Crippen molar-refractivity contribution in [2.24, 2.45) is 5.41 Å². The predicted octanol–water partition coefficient (Wildman–Crippen LogP) is 8.64. The van der Waals surface area contributed by atoms with E-state index < -0.39 is 11.4 Å². The molecule has 46 heavy (non-hydrogen) atoms. The van der Waals surface area contributed by atoms with E-state index in [1.807, 2.05) is 6.07 Å². The second kappa shape index (κ2) is 20.0. The van der Waals surface area contributed by atoms with Crippen molar-refractivity contribution >= 4 is 5.97 Å². The van der Waals surface area contributed by atoms with Gasteiger partial charge in [0.2, 0.25) is 0 Å². The number of ether oxygens (including phenoxy) is 2. The number of carbonyl (C=O) groups excluding carboxylic acids is 1. The Kier molecular flexibility index (Phi) is 16.1. The van der Waals surface area contributed by atoms with E-state index in [2.05, 4.69) is 81.9 Å². The maximum absolute atomic E-state index is 11.7. The van der Waals surface area contributed by atoms with Crippen molar-refractivity contribution in [3.8, 4) is 16.9 Å². The molecule has 0 aromatic heterocycles. The first-order valence-corrected chi connectivity index (χ1v) is 17.4. The molecule has 0 unspecified atom stereocenters. The molecule has 2 N–H and O–H groups in total. The lowest BCUT2D eigenvalue weighted by Crippen LogP contribution is -2.32. The van der Waals surface area contributed by atoms with Crippen LogP contribution in [0.15, 0.2) is 73.3 Å². The minimum Gasteiger partial charge on any atom is -0.493 e. The summed E-state index contributed by atoms with van der Waals surface area (Å²) in [4.78, 5) is 11.7. The Morgan fingerprint density at radius 1 is 0.739 bits per heavy atom. The zero-order chi connectivity index (χ0) is 33.2. The number of esters is 1. The molecule has 3 aromatic carbocycles. The van der Waals surface area contributed by atoms with Crippen molar-refractivity contribution in [3.63, 3.8) is 0 Å². The molecule has 3 rings (SSSR count). The molecule has 5 nitrogen and oxygen atoms in total. The highest BCUT2D eigenvalue weighted by Gasteiger charge is 2.28. The van der Waals surface area contributed by atoms with Crippen molar-refractivity contribution in [1.82, 2.24) is 0 Å². The van der Waals surface area contributed by atoms with E-state index in [1.54, 1.807) is 0 Å². The third kappa shape index (κ3) is 11.4. The summed E-state index contributed by atoms with van der Waals surface area (Å²) in [5.74, 6) is 0.279. The van der Waals surface area contributed by atoms with Crippen LogP contribution in [0.3, 0.4) is 0 Å². The Hall–Kier alpha value is -3.41. The van der Waals surface area contributed by atoms with Crippen LogP contribution in [-0.2, 0) is 41.6 Å². The van der Waals surface area contributed by atoms with Crippen molar-refractivity contribution in [3.05, 3.63) is 101 Å². The number of aryl methyl sites for hydroxylation is 4. The van der Waals surface area contributed by atoms with E-state index in [-0.39, 0.29) is 19.8 Å². The number of benzene rings is 3. The molecule has 0 amide bonds. The molecule has 0 aliphatic carbocycles. The first kappa shape index (κ1) is 37.1. The third-order valence-corrected chi connectivity index (χ3v) is 9.12. The fourth-order valence-corrected chi connectivity index (χ4v) is 5.94. The smallest absolute Gasteiger partial charge is 0.330 e. The summed E-state index contributed by atoms with van der Waals surface area (Å²) < 4.78 is 11.6. The Balaban J connectivity index is 1.75. The minimum atomic E-state index is -0.551. The quantitative estimate of drug-likeness (QED) is 0.0662. The summed E-state index contributed by atoms with van der Waals surface area (Å²) in [5, 5.41) is 20.1. The molecule has 0 saturated heterocycles. The number of aliphatic hydroxyl groups excluding tert-OH is 2. The van der Waals surface area contributed by atoms with Gasteiger partial charge in [-0.25, -0.2) is 4.79 Å². The zero-order valence-electron chi connectivity index (χ0n) is 28.5. The van der Waals surface area contributed by atoms with Crippen LogP contribution < -0.4 is 4.74 Å². The monoisotopic (exact) mass is 628 g/mol. The third-order valence-electron chi connectivity index (χ3n) is 9.12. The molecule has 0 aliphatic rings. The van der Waals surface area contributed by atoms with Crippen LogP contribution in [0, 0.1) is 5.41 Å². The van der Waals surface area contributed by atoms with Crippen LogP contribution in [0.2, 0.25) is 0 Å². The minimum absolute atomic E-state index is 0.0721. The van der Waals surface area contributed by atoms with E-state index in [1.165, 1.54) is 53.2 Å². The summed E-state index contributed by atoms with van der Waals surface area (Å²) in [7, 11) is 0. The Labute approximate surface area is 277 Å². The molecular formula is C41H56O5. The lowest BCUT2D eigenvalue weighted by atomic mass is 9.81. The predicted molar refractivity (Wildman–Crippen MR) is 189 cm³/mol. The SMILES string of the molecule is C=CC(=O)OCCc1cc(-c2ccc(CCc3ccc(CCCCC)cc3)cc2CC)ccc1OCCC(CO)(CO)CCCC. The highest BCUT2D eigenvalue weighted by atomic mass is 16.5. The molecule has 0 heterocycles. The van der Waals surface area contributed by atoms with Gasteiger partial charge in [-0.1, -0.05) is 102 Å². The van der Waals surface area contributed by atoms with Crippen LogP contribution in [0.4, 0.5) is 0 Å². The van der Waals surface area contributed by atoms with E-state index in [4.69, 9.17) is 9.47 Å². The summed E-state index contributed by atoms with van der Waals surface area (Å²) >= 11 is 0. The first-order valence-electron chi connectivity index (χ1n) is 17.4. The molecule has 0 aliphatic heterocycles. The molecule has 5 heteroatoms. The van der Waals surface area contributed by atoms with Gasteiger partial charge in [-0.3, -0.25) is 0 Å². The molecule has 0 bridgehead atoms. The molecule has 0 fully saturated rings. The number of carbonyl (C=O) groups is 1. The van der Waals surface area contributed by atoms with E-state index in [9.17, 15) is 15.0 Å².